The van der Waals surface area contributed by atoms with Crippen molar-refractivity contribution in [1.82, 2.24) is 5.32 Å². The first-order valence-electron chi connectivity index (χ1n) is 8.92. The molecule has 0 aliphatic heterocycles. The molecule has 150 valence electrons. The molecule has 0 aromatic heterocycles. The summed E-state index contributed by atoms with van der Waals surface area (Å²) in [4.78, 5) is 24.5. The minimum absolute atomic E-state index is 0.210. The van der Waals surface area contributed by atoms with Gasteiger partial charge in [-0.05, 0) is 49.7 Å². The molecule has 0 saturated heterocycles. The van der Waals surface area contributed by atoms with Crippen LogP contribution in [0.2, 0.25) is 0 Å². The fraction of sp³-hybridized carbons (Fsp3) is 0.333. The molecule has 28 heavy (non-hydrogen) atoms. The number of hydrogen-bond acceptors (Lipinski definition) is 5. The molecule has 0 radical (unpaired) electrons. The third-order valence-electron chi connectivity index (χ3n) is 4.01. The Kier molecular flexibility index (Phi) is 7.95. The van der Waals surface area contributed by atoms with E-state index in [1.54, 1.807) is 30.3 Å². The van der Waals surface area contributed by atoms with Crippen molar-refractivity contribution in [3.05, 3.63) is 65.0 Å². The van der Waals surface area contributed by atoms with E-state index < -0.39 is 18.0 Å². The molecular formula is C21H24FNO5. The molecule has 6 nitrogen and oxygen atoms in total. The largest absolute Gasteiger partial charge is 0.496 e. The van der Waals surface area contributed by atoms with Crippen LogP contribution < -0.4 is 10.1 Å². The Morgan fingerprint density at radius 1 is 1.14 bits per heavy atom. The maximum atomic E-state index is 12.9. The first kappa shape index (κ1) is 21.4. The Balaban J connectivity index is 1.95. The van der Waals surface area contributed by atoms with E-state index >= 15 is 0 Å². The second-order valence-corrected chi connectivity index (χ2v) is 6.06. The van der Waals surface area contributed by atoms with E-state index in [4.69, 9.17) is 14.2 Å². The van der Waals surface area contributed by atoms with Crippen LogP contribution in [0.4, 0.5) is 4.39 Å². The number of halogens is 1. The highest BCUT2D eigenvalue weighted by molar-refractivity contribution is 5.92. The number of hydrogen-bond donors (Lipinski definition) is 1. The van der Waals surface area contributed by atoms with E-state index in [9.17, 15) is 14.0 Å². The maximum absolute atomic E-state index is 12.9. The van der Waals surface area contributed by atoms with Crippen LogP contribution in [0, 0.1) is 5.82 Å². The number of ether oxygens (including phenoxy) is 3. The van der Waals surface area contributed by atoms with Crippen LogP contribution in [-0.4, -0.2) is 31.7 Å². The summed E-state index contributed by atoms with van der Waals surface area (Å²) in [6, 6.07) is 10.6. The summed E-state index contributed by atoms with van der Waals surface area (Å²) in [5.74, 6) is -0.804. The fourth-order valence-electron chi connectivity index (χ4n) is 2.45. The van der Waals surface area contributed by atoms with E-state index in [1.165, 1.54) is 26.2 Å². The molecule has 2 aromatic rings. The predicted molar refractivity (Wildman–Crippen MR) is 101 cm³/mol. The fourth-order valence-corrected chi connectivity index (χ4v) is 2.45. The smallest absolute Gasteiger partial charge is 0.338 e. The Morgan fingerprint density at radius 2 is 1.86 bits per heavy atom. The SMILES string of the molecule is CCOCc1cc(C(=O)O[C@H](C)C(=O)NCc2ccc(F)cc2)ccc1OC. The van der Waals surface area contributed by atoms with Gasteiger partial charge < -0.3 is 19.5 Å². The van der Waals surface area contributed by atoms with Crippen LogP contribution in [-0.2, 0) is 27.4 Å². The average Bonchev–Trinajstić information content (AvgIpc) is 2.71. The number of amides is 1. The summed E-state index contributed by atoms with van der Waals surface area (Å²) < 4.78 is 28.8. The zero-order chi connectivity index (χ0) is 20.5. The van der Waals surface area contributed by atoms with Crippen molar-refractivity contribution in [2.75, 3.05) is 13.7 Å². The molecule has 0 unspecified atom stereocenters. The Bertz CT molecular complexity index is 807. The first-order valence-corrected chi connectivity index (χ1v) is 8.92. The monoisotopic (exact) mass is 389 g/mol. The second kappa shape index (κ2) is 10.4. The average molecular weight is 389 g/mol. The van der Waals surface area contributed by atoms with E-state index in [2.05, 4.69) is 5.32 Å². The Morgan fingerprint density at radius 3 is 2.50 bits per heavy atom. The van der Waals surface area contributed by atoms with Gasteiger partial charge in [0.15, 0.2) is 6.10 Å². The third kappa shape index (κ3) is 6.06. The molecule has 0 fully saturated rings. The maximum Gasteiger partial charge on any atom is 0.338 e. The highest BCUT2D eigenvalue weighted by Crippen LogP contribution is 2.21. The van der Waals surface area contributed by atoms with Crippen molar-refractivity contribution < 1.29 is 28.2 Å². The summed E-state index contributed by atoms with van der Waals surface area (Å²) in [6.45, 7) is 4.40. The molecule has 1 N–H and O–H groups in total. The molecule has 2 rings (SSSR count). The molecule has 0 heterocycles. The van der Waals surface area contributed by atoms with E-state index in [0.29, 0.717) is 30.1 Å². The zero-order valence-electron chi connectivity index (χ0n) is 16.2. The van der Waals surface area contributed by atoms with Gasteiger partial charge in [-0.3, -0.25) is 4.79 Å². The van der Waals surface area contributed by atoms with Crippen molar-refractivity contribution in [3.8, 4) is 5.75 Å². The van der Waals surface area contributed by atoms with E-state index in [0.717, 1.165) is 5.56 Å². The van der Waals surface area contributed by atoms with Crippen LogP contribution in [0.1, 0.15) is 35.3 Å². The molecule has 0 aliphatic rings. The molecule has 0 aliphatic carbocycles. The number of benzene rings is 2. The molecule has 2 aromatic carbocycles. The topological polar surface area (TPSA) is 73.9 Å². The number of rotatable bonds is 9. The minimum atomic E-state index is -0.981. The van der Waals surface area contributed by atoms with Gasteiger partial charge in [0.05, 0.1) is 19.3 Å². The second-order valence-electron chi connectivity index (χ2n) is 6.06. The van der Waals surface area contributed by atoms with Gasteiger partial charge in [0, 0.05) is 18.7 Å². The van der Waals surface area contributed by atoms with Gasteiger partial charge in [-0.1, -0.05) is 12.1 Å². The Hall–Kier alpha value is -2.93. The normalized spacial score (nSPS) is 11.6. The summed E-state index contributed by atoms with van der Waals surface area (Å²) >= 11 is 0. The van der Waals surface area contributed by atoms with Gasteiger partial charge in [0.2, 0.25) is 0 Å². The summed E-state index contributed by atoms with van der Waals surface area (Å²) in [7, 11) is 1.54. The zero-order valence-corrected chi connectivity index (χ0v) is 16.2. The standard InChI is InChI=1S/C21H24FNO5/c1-4-27-13-17-11-16(7-10-19(17)26-3)21(25)28-14(2)20(24)23-12-15-5-8-18(22)9-6-15/h5-11,14H,4,12-13H2,1-3H3,(H,23,24)/t14-/m1/s1. The quantitative estimate of drug-likeness (QED) is 0.667. The van der Waals surface area contributed by atoms with Crippen LogP contribution in [0.3, 0.4) is 0 Å². The molecule has 0 bridgehead atoms. The van der Waals surface area contributed by atoms with Crippen molar-refractivity contribution in [3.63, 3.8) is 0 Å². The van der Waals surface area contributed by atoms with Gasteiger partial charge in [0.25, 0.3) is 5.91 Å². The van der Waals surface area contributed by atoms with Gasteiger partial charge in [0.1, 0.15) is 11.6 Å². The van der Waals surface area contributed by atoms with Gasteiger partial charge >= 0.3 is 5.97 Å². The number of carbonyl (C=O) groups is 2. The lowest BCUT2D eigenvalue weighted by atomic mass is 10.1. The predicted octanol–water partition coefficient (Wildman–Crippen LogP) is 3.23. The number of methoxy groups -OCH3 is 1. The molecule has 0 spiro atoms. The van der Waals surface area contributed by atoms with Crippen LogP contribution in [0.5, 0.6) is 5.75 Å². The van der Waals surface area contributed by atoms with Crippen LogP contribution in [0.15, 0.2) is 42.5 Å². The van der Waals surface area contributed by atoms with Crippen molar-refractivity contribution in [2.45, 2.75) is 33.1 Å². The third-order valence-corrected chi connectivity index (χ3v) is 4.01. The van der Waals surface area contributed by atoms with Gasteiger partial charge in [-0.2, -0.15) is 0 Å². The Labute approximate surface area is 163 Å². The van der Waals surface area contributed by atoms with Gasteiger partial charge in [-0.15, -0.1) is 0 Å². The van der Waals surface area contributed by atoms with Crippen molar-refractivity contribution in [1.29, 1.82) is 0 Å². The van der Waals surface area contributed by atoms with Crippen molar-refractivity contribution in [2.24, 2.45) is 0 Å². The lowest BCUT2D eigenvalue weighted by Crippen LogP contribution is -2.35. The van der Waals surface area contributed by atoms with Crippen LogP contribution >= 0.6 is 0 Å². The first-order chi connectivity index (χ1) is 13.4. The van der Waals surface area contributed by atoms with Crippen LogP contribution in [0.25, 0.3) is 0 Å². The molecule has 7 heteroatoms. The summed E-state index contributed by atoms with van der Waals surface area (Å²) in [6.07, 6.45) is -0.981. The summed E-state index contributed by atoms with van der Waals surface area (Å²) in [5, 5.41) is 2.65. The number of carbonyl (C=O) groups excluding carboxylic acids is 2. The number of nitrogens with one attached hydrogen (secondary N) is 1. The van der Waals surface area contributed by atoms with Gasteiger partial charge in [-0.25, -0.2) is 9.18 Å². The molecule has 1 amide bonds. The highest BCUT2D eigenvalue weighted by atomic mass is 19.1. The number of esters is 1. The molecule has 1 atom stereocenters. The lowest BCUT2D eigenvalue weighted by Gasteiger charge is -2.15. The summed E-state index contributed by atoms with van der Waals surface area (Å²) in [5.41, 5.74) is 1.75. The molecule has 0 saturated carbocycles. The van der Waals surface area contributed by atoms with E-state index in [-0.39, 0.29) is 12.4 Å². The van der Waals surface area contributed by atoms with E-state index in [1.807, 2.05) is 6.92 Å². The molecular weight excluding hydrogens is 365 g/mol. The highest BCUT2D eigenvalue weighted by Gasteiger charge is 2.19. The van der Waals surface area contributed by atoms with Crippen molar-refractivity contribution >= 4 is 11.9 Å². The minimum Gasteiger partial charge on any atom is -0.496 e. The lowest BCUT2D eigenvalue weighted by molar-refractivity contribution is -0.129.